The monoisotopic (exact) mass is 421 g/mol. The molecule has 2 unspecified atom stereocenters. The molecule has 2 aromatic rings. The van der Waals surface area contributed by atoms with Crippen LogP contribution >= 0.6 is 0 Å². The van der Waals surface area contributed by atoms with E-state index < -0.39 is 0 Å². The van der Waals surface area contributed by atoms with E-state index in [0.717, 1.165) is 67.8 Å². The van der Waals surface area contributed by atoms with Crippen LogP contribution in [0.2, 0.25) is 0 Å². The number of hydrogen-bond acceptors (Lipinski definition) is 6. The highest BCUT2D eigenvalue weighted by Crippen LogP contribution is 2.57. The van der Waals surface area contributed by atoms with Gasteiger partial charge in [-0.25, -0.2) is 4.98 Å². The molecule has 164 valence electrons. The van der Waals surface area contributed by atoms with Crippen molar-refractivity contribution in [1.29, 1.82) is 0 Å². The molecular weight excluding hydrogens is 390 g/mol. The molecule has 31 heavy (non-hydrogen) atoms. The summed E-state index contributed by atoms with van der Waals surface area (Å²) in [7, 11) is 3.64. The van der Waals surface area contributed by atoms with Crippen molar-refractivity contribution >= 4 is 23.5 Å². The lowest BCUT2D eigenvalue weighted by Crippen LogP contribution is -2.43. The van der Waals surface area contributed by atoms with E-state index in [9.17, 15) is 4.79 Å². The Hall–Kier alpha value is -2.64. The first-order valence-electron chi connectivity index (χ1n) is 11.8. The molecule has 3 atom stereocenters. The molecule has 0 spiro atoms. The van der Waals surface area contributed by atoms with E-state index in [0.29, 0.717) is 11.9 Å². The number of rotatable bonds is 5. The Morgan fingerprint density at radius 1 is 1.16 bits per heavy atom. The van der Waals surface area contributed by atoms with Crippen LogP contribution in [-0.2, 0) is 17.6 Å². The van der Waals surface area contributed by atoms with Crippen molar-refractivity contribution in [2.75, 3.05) is 30.9 Å². The van der Waals surface area contributed by atoms with E-state index in [1.807, 2.05) is 14.1 Å². The summed E-state index contributed by atoms with van der Waals surface area (Å²) in [5.41, 5.74) is 3.56. The van der Waals surface area contributed by atoms with Gasteiger partial charge in [0.05, 0.1) is 5.69 Å². The molecule has 6 rings (SSSR count). The van der Waals surface area contributed by atoms with Crippen LogP contribution in [0.25, 0.3) is 0 Å². The molecule has 4 aliphatic rings. The predicted molar refractivity (Wildman–Crippen MR) is 119 cm³/mol. The van der Waals surface area contributed by atoms with Gasteiger partial charge in [-0.05, 0) is 63.2 Å². The number of amides is 1. The molecule has 2 aromatic heterocycles. The number of hydrogen-bond donors (Lipinski definition) is 2. The average molecular weight is 422 g/mol. The third kappa shape index (κ3) is 3.36. The van der Waals surface area contributed by atoms with Gasteiger partial charge in [0.15, 0.2) is 5.82 Å². The minimum Gasteiger partial charge on any atom is -0.347 e. The molecule has 1 amide bonds. The van der Waals surface area contributed by atoms with Gasteiger partial charge in [-0.1, -0.05) is 0 Å². The molecule has 0 radical (unpaired) electrons. The molecule has 2 saturated carbocycles. The summed E-state index contributed by atoms with van der Waals surface area (Å²) in [4.78, 5) is 26.3. The molecular formula is C23H31N7O. The van der Waals surface area contributed by atoms with Gasteiger partial charge >= 0.3 is 0 Å². The number of aromatic nitrogens is 4. The summed E-state index contributed by atoms with van der Waals surface area (Å²) in [5, 5.41) is 11.3. The van der Waals surface area contributed by atoms with Crippen LogP contribution < -0.4 is 10.2 Å². The zero-order chi connectivity index (χ0) is 21.1. The average Bonchev–Trinajstić information content (AvgIpc) is 3.32. The maximum Gasteiger partial charge on any atom is 0.244 e. The largest absolute Gasteiger partial charge is 0.347 e. The second-order valence-corrected chi connectivity index (χ2v) is 9.99. The summed E-state index contributed by atoms with van der Waals surface area (Å²) in [5.74, 6) is 5.02. The lowest BCUT2D eigenvalue weighted by molar-refractivity contribution is -0.129. The van der Waals surface area contributed by atoms with Gasteiger partial charge < -0.3 is 15.1 Å². The van der Waals surface area contributed by atoms with Gasteiger partial charge in [0.25, 0.3) is 0 Å². The first-order valence-corrected chi connectivity index (χ1v) is 11.8. The quantitative estimate of drug-likeness (QED) is 0.771. The van der Waals surface area contributed by atoms with Crippen LogP contribution in [0, 0.1) is 11.8 Å². The maximum absolute atomic E-state index is 12.7. The molecule has 8 nitrogen and oxygen atoms in total. The third-order valence-corrected chi connectivity index (χ3v) is 7.68. The van der Waals surface area contributed by atoms with Crippen LogP contribution in [0.3, 0.4) is 0 Å². The van der Waals surface area contributed by atoms with E-state index >= 15 is 0 Å². The van der Waals surface area contributed by atoms with E-state index in [4.69, 9.17) is 9.97 Å². The van der Waals surface area contributed by atoms with E-state index in [-0.39, 0.29) is 11.9 Å². The van der Waals surface area contributed by atoms with Crippen LogP contribution in [0.4, 0.5) is 17.6 Å². The van der Waals surface area contributed by atoms with Gasteiger partial charge in [-0.3, -0.25) is 9.89 Å². The van der Waals surface area contributed by atoms with Crippen molar-refractivity contribution in [3.8, 4) is 0 Å². The molecule has 8 heteroatoms. The van der Waals surface area contributed by atoms with Crippen LogP contribution in [0.1, 0.15) is 61.4 Å². The highest BCUT2D eigenvalue weighted by Gasteiger charge is 2.46. The minimum absolute atomic E-state index is 0.127. The molecule has 2 N–H and O–H groups in total. The van der Waals surface area contributed by atoms with E-state index in [1.54, 1.807) is 4.90 Å². The maximum atomic E-state index is 12.7. The summed E-state index contributed by atoms with van der Waals surface area (Å²) < 4.78 is 0. The lowest BCUT2D eigenvalue weighted by Gasteiger charge is -2.27. The Morgan fingerprint density at radius 2 is 2.00 bits per heavy atom. The van der Waals surface area contributed by atoms with Crippen LogP contribution in [0.15, 0.2) is 6.07 Å². The normalized spacial score (nSPS) is 28.5. The topological polar surface area (TPSA) is 90.0 Å². The smallest absolute Gasteiger partial charge is 0.244 e. The number of nitrogens with zero attached hydrogens (tertiary/aromatic N) is 5. The second kappa shape index (κ2) is 7.21. The zero-order valence-electron chi connectivity index (χ0n) is 18.4. The number of carbonyl (C=O) groups excluding carboxylic acids is 1. The summed E-state index contributed by atoms with van der Waals surface area (Å²) in [6.45, 7) is 0.818. The highest BCUT2D eigenvalue weighted by molar-refractivity contribution is 5.85. The molecule has 3 fully saturated rings. The molecule has 0 bridgehead atoms. The van der Waals surface area contributed by atoms with Crippen molar-refractivity contribution < 1.29 is 4.79 Å². The number of anilines is 3. The number of aromatic amines is 1. The SMILES string of the molecule is CN(C)C(=O)[C@H]1CCCN1c1nc2c(c(Nc3cc(C4CC5CC5C4)[nH]n3)n1)CCC2. The van der Waals surface area contributed by atoms with Gasteiger partial charge in [-0.15, -0.1) is 0 Å². The molecule has 1 saturated heterocycles. The Labute approximate surface area is 182 Å². The Balaban J connectivity index is 1.27. The standard InChI is InChI=1S/C23H31N7O/c1-29(2)22(31)19-7-4-8-30(19)23-24-17-6-3-5-16(17)21(26-23)25-20-12-18(27-28-20)15-10-13-9-14(13)11-15/h12-15,19H,3-11H2,1-2H3,(H2,24,25,26,27,28)/t13?,14?,15?,19-/m1/s1. The number of nitrogens with one attached hydrogen (secondary N) is 2. The summed E-state index contributed by atoms with van der Waals surface area (Å²) >= 11 is 0. The van der Waals surface area contributed by atoms with E-state index in [1.165, 1.54) is 30.5 Å². The molecule has 3 aliphatic carbocycles. The number of aryl methyl sites for hydroxylation is 1. The van der Waals surface area contributed by atoms with Crippen molar-refractivity contribution in [2.45, 2.75) is 63.3 Å². The predicted octanol–water partition coefficient (Wildman–Crippen LogP) is 3.00. The van der Waals surface area contributed by atoms with Gasteiger partial charge in [0.2, 0.25) is 11.9 Å². The number of likely N-dealkylation sites (N-methyl/N-ethyl adjacent to an activating group) is 1. The van der Waals surface area contributed by atoms with E-state index in [2.05, 4.69) is 26.5 Å². The highest BCUT2D eigenvalue weighted by atomic mass is 16.2. The zero-order valence-corrected chi connectivity index (χ0v) is 18.4. The Bertz CT molecular complexity index is 1010. The minimum atomic E-state index is -0.173. The number of fused-ring (bicyclic) bond motifs is 2. The fourth-order valence-electron chi connectivity index (χ4n) is 5.91. The Morgan fingerprint density at radius 3 is 2.81 bits per heavy atom. The van der Waals surface area contributed by atoms with Gasteiger partial charge in [0.1, 0.15) is 11.9 Å². The van der Waals surface area contributed by atoms with Crippen molar-refractivity contribution in [2.24, 2.45) is 11.8 Å². The lowest BCUT2D eigenvalue weighted by atomic mass is 10.00. The molecule has 1 aliphatic heterocycles. The number of H-pyrrole nitrogens is 1. The molecule has 0 aromatic carbocycles. The Kier molecular flexibility index (Phi) is 4.43. The number of carbonyl (C=O) groups is 1. The molecule has 3 heterocycles. The van der Waals surface area contributed by atoms with Crippen LogP contribution in [0.5, 0.6) is 0 Å². The second-order valence-electron chi connectivity index (χ2n) is 9.99. The first kappa shape index (κ1) is 19.1. The van der Waals surface area contributed by atoms with Crippen molar-refractivity contribution in [3.63, 3.8) is 0 Å². The van der Waals surface area contributed by atoms with Crippen LogP contribution in [-0.4, -0.2) is 57.7 Å². The fourth-order valence-corrected chi connectivity index (χ4v) is 5.91. The fraction of sp³-hybridized carbons (Fsp3) is 0.652. The summed E-state index contributed by atoms with van der Waals surface area (Å²) in [6.07, 6.45) is 8.92. The van der Waals surface area contributed by atoms with Gasteiger partial charge in [0, 0.05) is 43.9 Å². The van der Waals surface area contributed by atoms with Crippen molar-refractivity contribution in [1.82, 2.24) is 25.1 Å². The first-order chi connectivity index (χ1) is 15.1. The third-order valence-electron chi connectivity index (χ3n) is 7.68. The summed E-state index contributed by atoms with van der Waals surface area (Å²) in [6, 6.07) is 1.99. The van der Waals surface area contributed by atoms with Gasteiger partial charge in [-0.2, -0.15) is 10.1 Å². The van der Waals surface area contributed by atoms with Crippen molar-refractivity contribution in [3.05, 3.63) is 23.0 Å².